The second kappa shape index (κ2) is 13.1. The van der Waals surface area contributed by atoms with Gasteiger partial charge in [-0.1, -0.05) is 14.9 Å². The summed E-state index contributed by atoms with van der Waals surface area (Å²) in [4.78, 5) is 8.05. The molecule has 2 heterocycles. The Labute approximate surface area is 150 Å². The Morgan fingerprint density at radius 1 is 0.789 bits per heavy atom. The molecule has 0 aromatic carbocycles. The van der Waals surface area contributed by atoms with E-state index in [2.05, 4.69) is 42.0 Å². The normalized spacial score (nSPS) is 7.68. The molecule has 0 aliphatic rings. The summed E-state index contributed by atoms with van der Waals surface area (Å²) in [7, 11) is 0. The van der Waals surface area contributed by atoms with Crippen LogP contribution in [0.3, 0.4) is 0 Å². The third-order valence-corrected chi connectivity index (χ3v) is 3.72. The minimum Gasteiger partial charge on any atom is 2.00 e. The fourth-order valence-electron chi connectivity index (χ4n) is 0.942. The summed E-state index contributed by atoms with van der Waals surface area (Å²) in [5.74, 6) is 0. The van der Waals surface area contributed by atoms with Crippen LogP contribution >= 0.6 is 0 Å². The molecule has 5 heteroatoms. The van der Waals surface area contributed by atoms with Crippen molar-refractivity contribution in [3.63, 3.8) is 0 Å². The number of hydrogen-bond acceptors (Lipinski definition) is 2. The quantitative estimate of drug-likeness (QED) is 0.518. The maximum Gasteiger partial charge on any atom is 2.00 e. The molecular weight excluding hydrogens is 473 g/mol. The van der Waals surface area contributed by atoms with Gasteiger partial charge in [0.15, 0.2) is 0 Å². The number of pyridine rings is 2. The Hall–Kier alpha value is 0.138. The van der Waals surface area contributed by atoms with Gasteiger partial charge in [0.05, 0.1) is 0 Å². The zero-order chi connectivity index (χ0) is 12.0. The zero-order valence-corrected chi connectivity index (χ0v) is 16.0. The predicted molar refractivity (Wildman–Crippen MR) is 87.9 cm³/mol. The maximum atomic E-state index is 4.02. The van der Waals surface area contributed by atoms with Gasteiger partial charge in [0.2, 0.25) is 0 Å². The summed E-state index contributed by atoms with van der Waals surface area (Å²) in [5, 5.41) is 0. The van der Waals surface area contributed by atoms with Crippen LogP contribution in [0.2, 0.25) is 0 Å². The molecule has 0 saturated carbocycles. The third kappa shape index (κ3) is 9.64. The fraction of sp³-hybridized carbons (Fsp3) is 0.286. The van der Waals surface area contributed by atoms with Crippen LogP contribution in [-0.4, -0.2) is 65.9 Å². The monoisotopic (exact) mass is 496 g/mol. The van der Waals surface area contributed by atoms with Crippen LogP contribution in [0.5, 0.6) is 0 Å². The van der Waals surface area contributed by atoms with Crippen molar-refractivity contribution in [3.05, 3.63) is 47.8 Å². The van der Waals surface area contributed by atoms with E-state index in [1.165, 1.54) is 11.1 Å². The summed E-state index contributed by atoms with van der Waals surface area (Å²) >= 11 is 5.72. The van der Waals surface area contributed by atoms with Crippen molar-refractivity contribution < 1.29 is 0 Å². The summed E-state index contributed by atoms with van der Waals surface area (Å²) in [5.41, 5.74) is 2.40. The van der Waals surface area contributed by atoms with Crippen LogP contribution in [0.25, 0.3) is 0 Å². The van der Waals surface area contributed by atoms with E-state index in [4.69, 9.17) is 0 Å². The Morgan fingerprint density at radius 3 is 1.26 bits per heavy atom. The molecule has 2 nitrogen and oxygen atoms in total. The van der Waals surface area contributed by atoms with Crippen molar-refractivity contribution in [1.82, 2.24) is 9.97 Å². The average Bonchev–Trinajstić information content (AvgIpc) is 2.28. The van der Waals surface area contributed by atoms with Crippen LogP contribution < -0.4 is 9.18 Å². The molecule has 0 unspecified atom stereocenters. The van der Waals surface area contributed by atoms with Crippen molar-refractivity contribution in [2.45, 2.75) is 28.7 Å². The van der Waals surface area contributed by atoms with Crippen LogP contribution in [0, 0.1) is 13.8 Å². The van der Waals surface area contributed by atoms with E-state index < -0.39 is 0 Å². The smallest absolute Gasteiger partial charge is 2.00 e. The summed E-state index contributed by atoms with van der Waals surface area (Å²) in [6.45, 7) is 4.05. The van der Waals surface area contributed by atoms with Crippen molar-refractivity contribution in [3.8, 4) is 0 Å². The van der Waals surface area contributed by atoms with Crippen molar-refractivity contribution in [2.24, 2.45) is 0 Å². The van der Waals surface area contributed by atoms with E-state index in [0.29, 0.717) is 0 Å². The van der Waals surface area contributed by atoms with E-state index in [9.17, 15) is 0 Å². The number of nitrogens with zero attached hydrogens (tertiary/aromatic N) is 2. The van der Waals surface area contributed by atoms with Crippen LogP contribution in [0.1, 0.15) is 26.0 Å². The van der Waals surface area contributed by atoms with E-state index in [-0.39, 0.29) is 38.8 Å². The molecule has 0 aliphatic heterocycles. The molecule has 19 heavy (non-hydrogen) atoms. The van der Waals surface area contributed by atoms with Gasteiger partial charge in [-0.3, -0.25) is 0 Å². The van der Waals surface area contributed by atoms with Gasteiger partial charge in [-0.05, 0) is 0 Å². The van der Waals surface area contributed by atoms with Crippen molar-refractivity contribution in [1.29, 1.82) is 0 Å². The third-order valence-electron chi connectivity index (χ3n) is 1.92. The summed E-state index contributed by atoms with van der Waals surface area (Å²) in [6.07, 6.45) is 3.55. The van der Waals surface area contributed by atoms with Gasteiger partial charge in [0.25, 0.3) is 0 Å². The maximum absolute atomic E-state index is 4.02. The molecule has 0 saturated heterocycles. The minimum absolute atomic E-state index is 0. The van der Waals surface area contributed by atoms with Crippen molar-refractivity contribution >= 4 is 65.1 Å². The number of aryl methyl sites for hydroxylation is 2. The van der Waals surface area contributed by atoms with E-state index in [1.807, 2.05) is 38.1 Å². The first-order chi connectivity index (χ1) is 7.61. The van der Waals surface area contributed by atoms with Gasteiger partial charge in [0.1, 0.15) is 0 Å². The second-order valence-corrected chi connectivity index (χ2v) is 4.87. The number of hydrogen-bond donors (Lipinski definition) is 0. The molecule has 2 rings (SSSR count). The van der Waals surface area contributed by atoms with Gasteiger partial charge in [-0.15, -0.1) is 0 Å². The predicted octanol–water partition coefficient (Wildman–Crippen LogP) is 1.26. The van der Waals surface area contributed by atoms with Gasteiger partial charge < -0.3 is 0 Å². The van der Waals surface area contributed by atoms with E-state index >= 15 is 0 Å². The molecule has 0 bridgehead atoms. The second-order valence-electron chi connectivity index (χ2n) is 3.25. The van der Waals surface area contributed by atoms with Gasteiger partial charge in [0, 0.05) is 0 Å². The van der Waals surface area contributed by atoms with Crippen LogP contribution in [0.4, 0.5) is 0 Å². The molecule has 2 aromatic heterocycles. The first kappa shape index (κ1) is 24.2. The van der Waals surface area contributed by atoms with Gasteiger partial charge >= 0.3 is 137 Å². The molecule has 2 radical (unpaired) electrons. The van der Waals surface area contributed by atoms with Crippen LogP contribution in [-0.2, 0) is 0 Å². The summed E-state index contributed by atoms with van der Waals surface area (Å²) < 4.78 is 1.99. The Balaban J connectivity index is -0.000000233. The topological polar surface area (TPSA) is 25.8 Å². The van der Waals surface area contributed by atoms with E-state index in [1.54, 1.807) is 12.4 Å². The molecule has 0 amide bonds. The molecule has 0 fully saturated rings. The summed E-state index contributed by atoms with van der Waals surface area (Å²) in [6, 6.07) is 7.91. The molecular formula is C14H20N2Se2Sn. The number of rotatable bonds is 0. The largest absolute Gasteiger partial charge is 2.00 e. The zero-order valence-electron chi connectivity index (χ0n) is 9.68. The molecule has 2 aromatic rings. The molecule has 102 valence electrons. The minimum atomic E-state index is 0. The molecule has 0 N–H and O–H groups in total. The van der Waals surface area contributed by atoms with Crippen LogP contribution in [0.15, 0.2) is 36.7 Å². The molecule has 0 aliphatic carbocycles. The van der Waals surface area contributed by atoms with Gasteiger partial charge in [-0.25, -0.2) is 0 Å². The van der Waals surface area contributed by atoms with Crippen molar-refractivity contribution in [2.75, 3.05) is 0 Å². The SMILES string of the molecule is C.C.Cc1cccnc1[Se-].Cc1cccnc1[Se-].[Sn+2]. The Bertz CT molecular complexity index is 379. The number of aromatic nitrogens is 2. The first-order valence-corrected chi connectivity index (χ1v) is 6.50. The molecule has 0 atom stereocenters. The Morgan fingerprint density at radius 2 is 1.11 bits per heavy atom. The fourth-order valence-corrected chi connectivity index (χ4v) is 1.48. The standard InChI is InChI=1S/2C6H7NSe.2CH4.Sn/c2*1-5-3-2-4-7-6(5)8;;;/h2*2-4H,1H3,(H,7,8);2*1H4;/q;;;;+2/p-2. The Kier molecular flexibility index (Phi) is 16.7. The van der Waals surface area contributed by atoms with Gasteiger partial charge in [-0.2, -0.15) is 0 Å². The molecule has 0 spiro atoms. The average molecular weight is 493 g/mol. The first-order valence-electron chi connectivity index (χ1n) is 4.78. The van der Waals surface area contributed by atoms with E-state index in [0.717, 1.165) is 9.18 Å².